The van der Waals surface area contributed by atoms with Crippen molar-refractivity contribution in [3.63, 3.8) is 0 Å². The molecule has 0 radical (unpaired) electrons. The molecule has 1 saturated carbocycles. The van der Waals surface area contributed by atoms with Gasteiger partial charge in [-0.05, 0) is 49.3 Å². The number of amides is 2. The second-order valence-corrected chi connectivity index (χ2v) is 9.70. The number of nitrogens with one attached hydrogen (secondary N) is 2. The van der Waals surface area contributed by atoms with Gasteiger partial charge >= 0.3 is 12.0 Å². The molecular formula is C18H26N2O5S. The molecule has 0 aliphatic heterocycles. The van der Waals surface area contributed by atoms with Crippen LogP contribution in [0.4, 0.5) is 10.5 Å². The maximum atomic E-state index is 12.3. The summed E-state index contributed by atoms with van der Waals surface area (Å²) in [5.41, 5.74) is 0.583. The molecule has 3 atom stereocenters. The van der Waals surface area contributed by atoms with Gasteiger partial charge in [-0.25, -0.2) is 13.2 Å². The summed E-state index contributed by atoms with van der Waals surface area (Å²) in [5, 5.41) is 14.6. The lowest BCUT2D eigenvalue weighted by atomic mass is 9.53. The lowest BCUT2D eigenvalue weighted by molar-refractivity contribution is -0.160. The van der Waals surface area contributed by atoms with Gasteiger partial charge in [-0.3, -0.25) is 4.79 Å². The van der Waals surface area contributed by atoms with E-state index in [2.05, 4.69) is 10.6 Å². The fraction of sp³-hybridized carbons (Fsp3) is 0.556. The zero-order chi connectivity index (χ0) is 19.9. The molecule has 1 fully saturated rings. The molecule has 0 saturated heterocycles. The minimum absolute atomic E-state index is 0.0294. The zero-order valence-corrected chi connectivity index (χ0v) is 16.5. The van der Waals surface area contributed by atoms with E-state index in [1.54, 1.807) is 19.1 Å². The highest BCUT2D eigenvalue weighted by Crippen LogP contribution is 2.52. The number of aliphatic carboxylic acids is 1. The van der Waals surface area contributed by atoms with Gasteiger partial charge in [0.2, 0.25) is 0 Å². The summed E-state index contributed by atoms with van der Waals surface area (Å²) in [6.45, 7) is 7.38. The van der Waals surface area contributed by atoms with Gasteiger partial charge < -0.3 is 15.7 Å². The monoisotopic (exact) mass is 382 g/mol. The molecule has 144 valence electrons. The van der Waals surface area contributed by atoms with E-state index in [4.69, 9.17) is 0 Å². The van der Waals surface area contributed by atoms with Gasteiger partial charge in [-0.2, -0.15) is 0 Å². The highest BCUT2D eigenvalue weighted by atomic mass is 32.2. The van der Waals surface area contributed by atoms with E-state index < -0.39 is 33.2 Å². The number of carboxylic acids is 1. The van der Waals surface area contributed by atoms with E-state index in [-0.39, 0.29) is 22.5 Å². The van der Waals surface area contributed by atoms with Crippen LogP contribution < -0.4 is 10.6 Å². The number of carbonyl (C=O) groups is 2. The average molecular weight is 382 g/mol. The molecule has 0 spiro atoms. The van der Waals surface area contributed by atoms with E-state index in [0.717, 1.165) is 11.8 Å². The Morgan fingerprint density at radius 1 is 1.31 bits per heavy atom. The highest BCUT2D eigenvalue weighted by molar-refractivity contribution is 7.90. The Morgan fingerprint density at radius 2 is 1.92 bits per heavy atom. The van der Waals surface area contributed by atoms with Crippen molar-refractivity contribution in [3.05, 3.63) is 23.8 Å². The van der Waals surface area contributed by atoms with Crippen molar-refractivity contribution in [2.45, 2.75) is 45.1 Å². The van der Waals surface area contributed by atoms with Crippen molar-refractivity contribution in [1.29, 1.82) is 0 Å². The summed E-state index contributed by atoms with van der Waals surface area (Å²) in [4.78, 5) is 23.6. The SMILES string of the molecule is Cc1ccc(NC(=O)NC(C)[C@@H]2C[C@H](C(=O)O)C2(C)C)c(S(C)(=O)=O)c1. The third-order valence-corrected chi connectivity index (χ3v) is 6.53. The van der Waals surface area contributed by atoms with Gasteiger partial charge in [-0.15, -0.1) is 0 Å². The van der Waals surface area contributed by atoms with Crippen LogP contribution in [0.3, 0.4) is 0 Å². The Labute approximate surface area is 154 Å². The van der Waals surface area contributed by atoms with Gasteiger partial charge in [0.05, 0.1) is 16.5 Å². The summed E-state index contributed by atoms with van der Waals surface area (Å²) >= 11 is 0. The predicted octanol–water partition coefficient (Wildman–Crippen LogP) is 2.66. The number of carboxylic acid groups (broad SMARTS) is 1. The van der Waals surface area contributed by atoms with Crippen LogP contribution in [0, 0.1) is 24.2 Å². The number of rotatable bonds is 5. The lowest BCUT2D eigenvalue weighted by Crippen LogP contribution is -2.57. The molecule has 0 heterocycles. The first kappa shape index (κ1) is 20.2. The Hall–Kier alpha value is -2.09. The van der Waals surface area contributed by atoms with Crippen molar-refractivity contribution in [2.75, 3.05) is 11.6 Å². The van der Waals surface area contributed by atoms with Crippen LogP contribution in [0.2, 0.25) is 0 Å². The second-order valence-electron chi connectivity index (χ2n) is 7.71. The molecule has 26 heavy (non-hydrogen) atoms. The van der Waals surface area contributed by atoms with Gasteiger partial charge in [0.25, 0.3) is 0 Å². The van der Waals surface area contributed by atoms with Gasteiger partial charge in [0.1, 0.15) is 0 Å². The first-order chi connectivity index (χ1) is 11.8. The van der Waals surface area contributed by atoms with E-state index in [9.17, 15) is 23.1 Å². The smallest absolute Gasteiger partial charge is 0.319 e. The maximum absolute atomic E-state index is 12.3. The molecule has 1 aliphatic carbocycles. The van der Waals surface area contributed by atoms with Crippen LogP contribution in [0.5, 0.6) is 0 Å². The lowest BCUT2D eigenvalue weighted by Gasteiger charge is -2.52. The normalized spacial score (nSPS) is 22.8. The Balaban J connectivity index is 2.08. The summed E-state index contributed by atoms with van der Waals surface area (Å²) < 4.78 is 23.9. The second kappa shape index (κ2) is 6.90. The van der Waals surface area contributed by atoms with Crippen LogP contribution in [0.1, 0.15) is 32.8 Å². The zero-order valence-electron chi connectivity index (χ0n) is 15.7. The van der Waals surface area contributed by atoms with Crippen molar-refractivity contribution in [2.24, 2.45) is 17.3 Å². The van der Waals surface area contributed by atoms with Gasteiger partial charge in [-0.1, -0.05) is 19.9 Å². The summed E-state index contributed by atoms with van der Waals surface area (Å²) in [6.07, 6.45) is 1.60. The molecule has 1 aromatic carbocycles. The number of benzene rings is 1. The molecule has 0 bridgehead atoms. The predicted molar refractivity (Wildman–Crippen MR) is 98.9 cm³/mol. The molecule has 2 amide bonds. The first-order valence-corrected chi connectivity index (χ1v) is 10.3. The van der Waals surface area contributed by atoms with Crippen molar-refractivity contribution in [3.8, 4) is 0 Å². The quantitative estimate of drug-likeness (QED) is 0.725. The number of sulfone groups is 1. The molecule has 8 heteroatoms. The molecule has 3 N–H and O–H groups in total. The largest absolute Gasteiger partial charge is 0.481 e. The number of carbonyl (C=O) groups excluding carboxylic acids is 1. The molecule has 1 aliphatic rings. The fourth-order valence-corrected chi connectivity index (χ4v) is 4.65. The van der Waals surface area contributed by atoms with Crippen molar-refractivity contribution >= 4 is 27.5 Å². The number of anilines is 1. The third-order valence-electron chi connectivity index (χ3n) is 5.39. The van der Waals surface area contributed by atoms with Crippen LogP contribution in [-0.2, 0) is 14.6 Å². The van der Waals surface area contributed by atoms with Crippen LogP contribution in [0.15, 0.2) is 23.1 Å². The van der Waals surface area contributed by atoms with Crippen LogP contribution in [-0.4, -0.2) is 37.8 Å². The fourth-order valence-electron chi connectivity index (χ4n) is 3.73. The summed E-state index contributed by atoms with van der Waals surface area (Å²) in [7, 11) is -3.48. The maximum Gasteiger partial charge on any atom is 0.319 e. The van der Waals surface area contributed by atoms with Crippen molar-refractivity contribution < 1.29 is 23.1 Å². The molecule has 7 nitrogen and oxygen atoms in total. The Bertz CT molecular complexity index is 832. The molecule has 0 aromatic heterocycles. The van der Waals surface area contributed by atoms with E-state index in [0.29, 0.717) is 6.42 Å². The number of urea groups is 1. The average Bonchev–Trinajstić information content (AvgIpc) is 2.46. The molecular weight excluding hydrogens is 356 g/mol. The molecule has 1 unspecified atom stereocenters. The van der Waals surface area contributed by atoms with Crippen LogP contribution in [0.25, 0.3) is 0 Å². The van der Waals surface area contributed by atoms with E-state index >= 15 is 0 Å². The minimum Gasteiger partial charge on any atom is -0.481 e. The Kier molecular flexibility index (Phi) is 5.37. The third kappa shape index (κ3) is 4.00. The number of aryl methyl sites for hydroxylation is 1. The number of hydrogen-bond acceptors (Lipinski definition) is 4. The topological polar surface area (TPSA) is 113 Å². The molecule has 2 rings (SSSR count). The van der Waals surface area contributed by atoms with Crippen molar-refractivity contribution in [1.82, 2.24) is 5.32 Å². The highest BCUT2D eigenvalue weighted by Gasteiger charge is 2.53. The number of hydrogen-bond donors (Lipinski definition) is 3. The van der Waals surface area contributed by atoms with E-state index in [1.807, 2.05) is 20.8 Å². The minimum atomic E-state index is -3.48. The van der Waals surface area contributed by atoms with Gasteiger partial charge in [0.15, 0.2) is 9.84 Å². The van der Waals surface area contributed by atoms with Gasteiger partial charge in [0, 0.05) is 12.3 Å². The molecule has 1 aromatic rings. The standard InChI is InChI=1S/C18H26N2O5S/c1-10-6-7-14(15(8-10)26(5,24)25)20-17(23)19-11(2)12-9-13(16(21)22)18(12,3)4/h6-8,11-13H,9H2,1-5H3,(H,21,22)(H2,19,20,23)/t11?,12-,13+/m0/s1. The van der Waals surface area contributed by atoms with Crippen LogP contribution >= 0.6 is 0 Å². The van der Waals surface area contributed by atoms with E-state index in [1.165, 1.54) is 6.07 Å². The summed E-state index contributed by atoms with van der Waals surface area (Å²) in [5.74, 6) is -1.21. The summed E-state index contributed by atoms with van der Waals surface area (Å²) in [6, 6.07) is 4.04. The first-order valence-electron chi connectivity index (χ1n) is 8.45. The Morgan fingerprint density at radius 3 is 2.42 bits per heavy atom.